The minimum atomic E-state index is -0.725. The Morgan fingerprint density at radius 1 is 1.06 bits per heavy atom. The maximum absolute atomic E-state index is 13.4. The summed E-state index contributed by atoms with van der Waals surface area (Å²) < 4.78 is 0. The van der Waals surface area contributed by atoms with E-state index in [2.05, 4.69) is 10.3 Å². The number of nitrogens with zero attached hydrogens (tertiary/aromatic N) is 3. The molecule has 1 aliphatic carbocycles. The quantitative estimate of drug-likeness (QED) is 0.679. The van der Waals surface area contributed by atoms with Gasteiger partial charge in [-0.15, -0.1) is 0 Å². The predicted molar refractivity (Wildman–Crippen MR) is 131 cm³/mol. The number of hydrogen-bond donors (Lipinski definition) is 2. The molecule has 1 aromatic heterocycles. The molecule has 1 aromatic carbocycles. The minimum absolute atomic E-state index is 0.0260. The maximum Gasteiger partial charge on any atom is 0.313 e. The molecule has 34 heavy (non-hydrogen) atoms. The zero-order valence-corrected chi connectivity index (χ0v) is 20.2. The first kappa shape index (κ1) is 23.7. The number of nitrogens with two attached hydrogens (primary N) is 1. The first-order chi connectivity index (χ1) is 16.1. The Labute approximate surface area is 200 Å². The fourth-order valence-electron chi connectivity index (χ4n) is 4.47. The van der Waals surface area contributed by atoms with Crippen molar-refractivity contribution in [3.63, 3.8) is 0 Å². The number of rotatable bonds is 3. The Bertz CT molecular complexity index is 1090. The summed E-state index contributed by atoms with van der Waals surface area (Å²) in [6.07, 6.45) is 3.58. The molecule has 3 N–H and O–H groups in total. The Morgan fingerprint density at radius 2 is 1.74 bits per heavy atom. The summed E-state index contributed by atoms with van der Waals surface area (Å²) in [4.78, 5) is 47.1. The van der Waals surface area contributed by atoms with Crippen LogP contribution >= 0.6 is 0 Å². The number of carbonyl (C=O) groups excluding carboxylic acids is 3. The van der Waals surface area contributed by atoms with Crippen molar-refractivity contribution < 1.29 is 14.4 Å². The summed E-state index contributed by atoms with van der Waals surface area (Å²) >= 11 is 0. The van der Waals surface area contributed by atoms with E-state index in [-0.39, 0.29) is 18.5 Å². The molecule has 2 fully saturated rings. The molecule has 1 saturated carbocycles. The van der Waals surface area contributed by atoms with Crippen LogP contribution in [0.3, 0.4) is 0 Å². The second-order valence-electron chi connectivity index (χ2n) is 10.4. The Morgan fingerprint density at radius 3 is 2.35 bits per heavy atom. The van der Waals surface area contributed by atoms with Crippen LogP contribution < -0.4 is 11.1 Å². The van der Waals surface area contributed by atoms with E-state index in [1.54, 1.807) is 4.90 Å². The van der Waals surface area contributed by atoms with Crippen LogP contribution in [0.2, 0.25) is 0 Å². The highest BCUT2D eigenvalue weighted by atomic mass is 16.2. The third-order valence-electron chi connectivity index (χ3n) is 6.51. The van der Waals surface area contributed by atoms with Gasteiger partial charge < -0.3 is 20.9 Å². The number of hydrogen-bond acceptors (Lipinski definition) is 5. The highest BCUT2D eigenvalue weighted by Crippen LogP contribution is 2.42. The lowest BCUT2D eigenvalue weighted by molar-refractivity contribution is -0.154. The number of pyridine rings is 1. The summed E-state index contributed by atoms with van der Waals surface area (Å²) in [5.74, 6) is -0.496. The fraction of sp³-hybridized carbons (Fsp3) is 0.462. The number of piperazine rings is 1. The SMILES string of the molecule is C[C@@H]1CN(C(=O)C(=O)Nc2cnc(N)c(C3CC3)c2)[C@@H](c2ccccc2)CN1C(=O)C(C)(C)C. The average Bonchev–Trinajstić information content (AvgIpc) is 3.64. The second-order valence-corrected chi connectivity index (χ2v) is 10.4. The predicted octanol–water partition coefficient (Wildman–Crippen LogP) is 3.33. The average molecular weight is 464 g/mol. The van der Waals surface area contributed by atoms with Crippen LogP contribution in [0.1, 0.15) is 63.6 Å². The van der Waals surface area contributed by atoms with Crippen molar-refractivity contribution >= 4 is 29.2 Å². The number of aromatic nitrogens is 1. The number of carbonyl (C=O) groups is 3. The van der Waals surface area contributed by atoms with Crippen LogP contribution in [0.4, 0.5) is 11.5 Å². The lowest BCUT2D eigenvalue weighted by Gasteiger charge is -2.46. The topological polar surface area (TPSA) is 109 Å². The van der Waals surface area contributed by atoms with Crippen molar-refractivity contribution in [1.29, 1.82) is 0 Å². The summed E-state index contributed by atoms with van der Waals surface area (Å²) in [6.45, 7) is 8.18. The van der Waals surface area contributed by atoms with E-state index in [0.29, 0.717) is 24.0 Å². The van der Waals surface area contributed by atoms with Crippen LogP contribution in [-0.4, -0.2) is 51.6 Å². The lowest BCUT2D eigenvalue weighted by atomic mass is 9.91. The molecule has 180 valence electrons. The molecule has 0 radical (unpaired) electrons. The normalized spacial score (nSPS) is 20.7. The van der Waals surface area contributed by atoms with Crippen LogP contribution in [0.25, 0.3) is 0 Å². The first-order valence-electron chi connectivity index (χ1n) is 11.8. The molecule has 2 aliphatic rings. The highest BCUT2D eigenvalue weighted by molar-refractivity contribution is 6.39. The zero-order valence-electron chi connectivity index (χ0n) is 20.2. The maximum atomic E-state index is 13.4. The summed E-state index contributed by atoms with van der Waals surface area (Å²) in [7, 11) is 0. The molecule has 2 aromatic rings. The number of nitrogens with one attached hydrogen (secondary N) is 1. The van der Waals surface area contributed by atoms with Crippen molar-refractivity contribution in [2.24, 2.45) is 5.41 Å². The summed E-state index contributed by atoms with van der Waals surface area (Å²) in [6, 6.07) is 10.7. The first-order valence-corrected chi connectivity index (χ1v) is 11.8. The van der Waals surface area contributed by atoms with Crippen LogP contribution in [0, 0.1) is 5.41 Å². The van der Waals surface area contributed by atoms with Crippen molar-refractivity contribution in [2.45, 2.75) is 58.5 Å². The molecule has 2 atom stereocenters. The molecule has 8 heteroatoms. The second kappa shape index (κ2) is 9.08. The molecule has 1 aliphatic heterocycles. The van der Waals surface area contributed by atoms with Gasteiger partial charge in [-0.2, -0.15) is 0 Å². The monoisotopic (exact) mass is 463 g/mol. The van der Waals surface area contributed by atoms with Crippen molar-refractivity contribution in [3.8, 4) is 0 Å². The molecule has 4 rings (SSSR count). The molecule has 0 spiro atoms. The third kappa shape index (κ3) is 4.90. The van der Waals surface area contributed by atoms with E-state index in [9.17, 15) is 14.4 Å². The van der Waals surface area contributed by atoms with E-state index in [4.69, 9.17) is 5.73 Å². The number of amides is 3. The van der Waals surface area contributed by atoms with Gasteiger partial charge in [0.15, 0.2) is 0 Å². The molecule has 3 amide bonds. The van der Waals surface area contributed by atoms with Gasteiger partial charge in [0.25, 0.3) is 0 Å². The lowest BCUT2D eigenvalue weighted by Crippen LogP contribution is -2.60. The number of nitrogen functional groups attached to an aromatic ring is 1. The van der Waals surface area contributed by atoms with Crippen LogP contribution in [0.5, 0.6) is 0 Å². The standard InChI is InChI=1S/C26H33N5O3/c1-16-14-31(21(18-8-6-5-7-9-18)15-30(16)25(34)26(2,3)4)24(33)23(32)29-19-12-20(17-10-11-17)22(27)28-13-19/h5-9,12-13,16-17,21H,10-11,14-15H2,1-4H3,(H2,27,28)(H,29,32)/t16-,21-/m1/s1. The van der Waals surface area contributed by atoms with E-state index in [1.807, 2.05) is 69.0 Å². The largest absolute Gasteiger partial charge is 0.383 e. The van der Waals surface area contributed by atoms with Crippen LogP contribution in [0.15, 0.2) is 42.6 Å². The number of benzene rings is 1. The Hall–Kier alpha value is -3.42. The van der Waals surface area contributed by atoms with Crippen molar-refractivity contribution in [3.05, 3.63) is 53.7 Å². The minimum Gasteiger partial charge on any atom is -0.383 e. The summed E-state index contributed by atoms with van der Waals surface area (Å²) in [5, 5.41) is 2.71. The van der Waals surface area contributed by atoms with E-state index >= 15 is 0 Å². The van der Waals surface area contributed by atoms with Crippen LogP contribution in [-0.2, 0) is 14.4 Å². The molecular formula is C26H33N5O3. The van der Waals surface area contributed by atoms with Gasteiger partial charge in [-0.25, -0.2) is 4.98 Å². The van der Waals surface area contributed by atoms with Gasteiger partial charge >= 0.3 is 11.8 Å². The van der Waals surface area contributed by atoms with Gasteiger partial charge in [0.2, 0.25) is 5.91 Å². The zero-order chi connectivity index (χ0) is 24.6. The van der Waals surface area contributed by atoms with Gasteiger partial charge in [-0.05, 0) is 42.9 Å². The smallest absolute Gasteiger partial charge is 0.313 e. The van der Waals surface area contributed by atoms with Gasteiger partial charge in [0.1, 0.15) is 5.82 Å². The number of anilines is 2. The van der Waals surface area contributed by atoms with E-state index in [0.717, 1.165) is 24.0 Å². The van der Waals surface area contributed by atoms with Gasteiger partial charge in [-0.1, -0.05) is 51.1 Å². The fourth-order valence-corrected chi connectivity index (χ4v) is 4.47. The van der Waals surface area contributed by atoms with Gasteiger partial charge in [0.05, 0.1) is 17.9 Å². The van der Waals surface area contributed by atoms with Crippen molar-refractivity contribution in [1.82, 2.24) is 14.8 Å². The molecule has 8 nitrogen and oxygen atoms in total. The molecule has 1 saturated heterocycles. The van der Waals surface area contributed by atoms with Gasteiger partial charge in [-0.3, -0.25) is 14.4 Å². The molecular weight excluding hydrogens is 430 g/mol. The van der Waals surface area contributed by atoms with Gasteiger partial charge in [0, 0.05) is 24.5 Å². The summed E-state index contributed by atoms with van der Waals surface area (Å²) in [5.41, 5.74) is 7.68. The van der Waals surface area contributed by atoms with E-state index in [1.165, 1.54) is 6.20 Å². The molecule has 0 bridgehead atoms. The Balaban J connectivity index is 1.57. The van der Waals surface area contributed by atoms with E-state index < -0.39 is 23.3 Å². The Kier molecular flexibility index (Phi) is 6.34. The highest BCUT2D eigenvalue weighted by Gasteiger charge is 2.41. The van der Waals surface area contributed by atoms with Crippen molar-refractivity contribution in [2.75, 3.05) is 24.1 Å². The molecule has 2 heterocycles. The molecule has 0 unspecified atom stereocenters. The third-order valence-corrected chi connectivity index (χ3v) is 6.51.